The third-order valence-corrected chi connectivity index (χ3v) is 6.53. The molecule has 5 heteroatoms. The van der Waals surface area contributed by atoms with Gasteiger partial charge in [0.15, 0.2) is 0 Å². The van der Waals surface area contributed by atoms with E-state index in [1.807, 2.05) is 30.3 Å². The second-order valence-electron chi connectivity index (χ2n) is 8.77. The lowest BCUT2D eigenvalue weighted by Gasteiger charge is -2.33. The Kier molecular flexibility index (Phi) is 5.55. The second-order valence-corrected chi connectivity index (χ2v) is 8.77. The van der Waals surface area contributed by atoms with E-state index in [1.54, 1.807) is 0 Å². The Morgan fingerprint density at radius 2 is 1.74 bits per heavy atom. The van der Waals surface area contributed by atoms with Crippen LogP contribution >= 0.6 is 0 Å². The van der Waals surface area contributed by atoms with E-state index in [2.05, 4.69) is 40.7 Å². The first-order valence-corrected chi connectivity index (χ1v) is 9.95. The van der Waals surface area contributed by atoms with Gasteiger partial charge in [-0.2, -0.15) is 0 Å². The number of benzene rings is 1. The quantitative estimate of drug-likeness (QED) is 0.548. The summed E-state index contributed by atoms with van der Waals surface area (Å²) in [6.07, 6.45) is 5.15. The fourth-order valence-corrected chi connectivity index (χ4v) is 3.65. The van der Waals surface area contributed by atoms with Crippen LogP contribution in [0, 0.1) is 5.41 Å². The summed E-state index contributed by atoms with van der Waals surface area (Å²) in [6.45, 7) is 10.6. The van der Waals surface area contributed by atoms with Crippen molar-refractivity contribution in [3.05, 3.63) is 47.4 Å². The van der Waals surface area contributed by atoms with Crippen molar-refractivity contribution in [2.45, 2.75) is 78.1 Å². The van der Waals surface area contributed by atoms with Crippen molar-refractivity contribution in [3.63, 3.8) is 0 Å². The van der Waals surface area contributed by atoms with Crippen LogP contribution in [0.15, 0.2) is 41.9 Å². The van der Waals surface area contributed by atoms with Crippen molar-refractivity contribution in [2.24, 2.45) is 5.41 Å². The Bertz CT molecular complexity index is 694. The van der Waals surface area contributed by atoms with E-state index in [1.165, 1.54) is 0 Å². The number of ether oxygens (including phenoxy) is 1. The topological polar surface area (TPSA) is 44.8 Å². The molecule has 27 heavy (non-hydrogen) atoms. The summed E-state index contributed by atoms with van der Waals surface area (Å²) >= 11 is 0. The van der Waals surface area contributed by atoms with E-state index in [0.29, 0.717) is 13.0 Å². The number of hydrogen-bond acceptors (Lipinski definition) is 4. The number of carbonyl (C=O) groups is 1. The molecule has 3 rings (SSSR count). The van der Waals surface area contributed by atoms with Crippen LogP contribution in [0.1, 0.15) is 65.9 Å². The number of carbonyl (C=O) groups excluding carboxylic acids is 1. The van der Waals surface area contributed by atoms with Gasteiger partial charge >= 0.3 is 13.1 Å². The van der Waals surface area contributed by atoms with Crippen molar-refractivity contribution in [1.82, 2.24) is 0 Å². The van der Waals surface area contributed by atoms with Crippen LogP contribution in [0.3, 0.4) is 0 Å². The maximum Gasteiger partial charge on any atom is 0.490 e. The van der Waals surface area contributed by atoms with Crippen molar-refractivity contribution in [3.8, 4) is 0 Å². The molecule has 146 valence electrons. The minimum absolute atomic E-state index is 0.0990. The van der Waals surface area contributed by atoms with Crippen LogP contribution in [0.4, 0.5) is 0 Å². The Hall–Kier alpha value is -1.59. The van der Waals surface area contributed by atoms with Crippen LogP contribution in [0.25, 0.3) is 0 Å². The molecule has 0 saturated carbocycles. The number of esters is 1. The lowest BCUT2D eigenvalue weighted by Crippen LogP contribution is -2.41. The summed E-state index contributed by atoms with van der Waals surface area (Å²) < 4.78 is 18.0. The summed E-state index contributed by atoms with van der Waals surface area (Å²) in [5.74, 6) is -0.0990. The molecule has 0 radical (unpaired) electrons. The first kappa shape index (κ1) is 20.2. The highest BCUT2D eigenvalue weighted by atomic mass is 16.7. The normalized spacial score (nSPS) is 26.6. The maximum atomic E-state index is 12.8. The maximum absolute atomic E-state index is 12.8. The van der Waals surface area contributed by atoms with E-state index >= 15 is 0 Å². The zero-order chi connectivity index (χ0) is 19.7. The molecule has 1 aliphatic carbocycles. The van der Waals surface area contributed by atoms with Crippen molar-refractivity contribution in [2.75, 3.05) is 0 Å². The van der Waals surface area contributed by atoms with E-state index in [0.717, 1.165) is 30.3 Å². The van der Waals surface area contributed by atoms with Gasteiger partial charge in [0.2, 0.25) is 0 Å². The molecule has 2 aliphatic rings. The van der Waals surface area contributed by atoms with E-state index in [-0.39, 0.29) is 24.3 Å². The van der Waals surface area contributed by atoms with E-state index in [9.17, 15) is 4.79 Å². The zero-order valence-electron chi connectivity index (χ0n) is 17.2. The molecule has 0 spiro atoms. The molecule has 1 saturated heterocycles. The van der Waals surface area contributed by atoms with Crippen LogP contribution in [0.2, 0.25) is 0 Å². The van der Waals surface area contributed by atoms with Crippen molar-refractivity contribution >= 4 is 13.1 Å². The van der Waals surface area contributed by atoms with Gasteiger partial charge in [-0.25, -0.2) is 0 Å². The lowest BCUT2D eigenvalue weighted by molar-refractivity contribution is -0.158. The van der Waals surface area contributed by atoms with Gasteiger partial charge in [-0.15, -0.1) is 0 Å². The van der Waals surface area contributed by atoms with Crippen LogP contribution in [-0.4, -0.2) is 24.3 Å². The predicted octanol–water partition coefficient (Wildman–Crippen LogP) is 4.87. The SMILES string of the molecule is CC[C@@]1(C(=O)OCc2ccccc2)CC=C(B2OC(C)(C)C(C)(C)O2)CC1. The van der Waals surface area contributed by atoms with Crippen molar-refractivity contribution < 1.29 is 18.8 Å². The molecule has 1 aromatic carbocycles. The third-order valence-electron chi connectivity index (χ3n) is 6.53. The Morgan fingerprint density at radius 3 is 2.26 bits per heavy atom. The monoisotopic (exact) mass is 370 g/mol. The highest BCUT2D eigenvalue weighted by molar-refractivity contribution is 6.54. The molecule has 0 N–H and O–H groups in total. The summed E-state index contributed by atoms with van der Waals surface area (Å²) in [4.78, 5) is 12.8. The fraction of sp³-hybridized carbons (Fsp3) is 0.591. The van der Waals surface area contributed by atoms with Gasteiger partial charge < -0.3 is 14.0 Å². The van der Waals surface area contributed by atoms with Crippen LogP contribution in [0.5, 0.6) is 0 Å². The van der Waals surface area contributed by atoms with Gasteiger partial charge in [-0.05, 0) is 64.4 Å². The molecule has 4 nitrogen and oxygen atoms in total. The minimum Gasteiger partial charge on any atom is -0.460 e. The largest absolute Gasteiger partial charge is 0.490 e. The molecule has 0 aromatic heterocycles. The summed E-state index contributed by atoms with van der Waals surface area (Å²) in [5, 5.41) is 0. The molecule has 1 aliphatic heterocycles. The first-order chi connectivity index (χ1) is 12.7. The molecule has 0 bridgehead atoms. The molecule has 0 unspecified atom stereocenters. The molecule has 1 heterocycles. The molecule has 0 amide bonds. The van der Waals surface area contributed by atoms with Gasteiger partial charge in [0.25, 0.3) is 0 Å². The zero-order valence-corrected chi connectivity index (χ0v) is 17.2. The molecular weight excluding hydrogens is 339 g/mol. The van der Waals surface area contributed by atoms with Gasteiger partial charge in [0.1, 0.15) is 6.61 Å². The smallest absolute Gasteiger partial charge is 0.460 e. The number of rotatable bonds is 5. The van der Waals surface area contributed by atoms with Crippen LogP contribution < -0.4 is 0 Å². The van der Waals surface area contributed by atoms with Crippen LogP contribution in [-0.2, 0) is 25.4 Å². The second kappa shape index (κ2) is 7.44. The van der Waals surface area contributed by atoms with Crippen molar-refractivity contribution in [1.29, 1.82) is 0 Å². The Balaban J connectivity index is 1.65. The molecule has 1 fully saturated rings. The predicted molar refractivity (Wildman–Crippen MR) is 107 cm³/mol. The van der Waals surface area contributed by atoms with Gasteiger partial charge in [0, 0.05) is 0 Å². The molecule has 1 atom stereocenters. The average molecular weight is 370 g/mol. The minimum atomic E-state index is -0.443. The fourth-order valence-electron chi connectivity index (χ4n) is 3.65. The lowest BCUT2D eigenvalue weighted by atomic mass is 9.65. The average Bonchev–Trinajstić information content (AvgIpc) is 2.88. The number of allylic oxidation sites excluding steroid dienone is 2. The Labute approximate surface area is 163 Å². The molecular formula is C22H31BO4. The standard InChI is InChI=1S/C22H31BO4/c1-6-22(19(24)25-16-17-10-8-7-9-11-17)14-12-18(13-15-22)23-26-20(2,3)21(4,5)27-23/h7-12H,6,13-16H2,1-5H3/t22-/m1/s1. The van der Waals surface area contributed by atoms with Gasteiger partial charge in [0.05, 0.1) is 16.6 Å². The summed E-state index contributed by atoms with van der Waals surface area (Å²) in [6, 6.07) is 9.83. The number of hydrogen-bond donors (Lipinski definition) is 0. The highest BCUT2D eigenvalue weighted by Gasteiger charge is 2.53. The summed E-state index contributed by atoms with van der Waals surface area (Å²) in [5.41, 5.74) is 1.04. The third kappa shape index (κ3) is 3.99. The van der Waals surface area contributed by atoms with E-state index < -0.39 is 5.41 Å². The Morgan fingerprint density at radius 1 is 1.11 bits per heavy atom. The van der Waals surface area contributed by atoms with Gasteiger partial charge in [-0.3, -0.25) is 4.79 Å². The van der Waals surface area contributed by atoms with Gasteiger partial charge in [-0.1, -0.05) is 43.3 Å². The summed E-state index contributed by atoms with van der Waals surface area (Å²) in [7, 11) is -0.315. The first-order valence-electron chi connectivity index (χ1n) is 9.95. The molecule has 1 aromatic rings. The van der Waals surface area contributed by atoms with E-state index in [4.69, 9.17) is 14.0 Å². The highest BCUT2D eigenvalue weighted by Crippen LogP contribution is 2.44.